The summed E-state index contributed by atoms with van der Waals surface area (Å²) in [4.78, 5) is 12.3. The van der Waals surface area contributed by atoms with Crippen LogP contribution in [-0.4, -0.2) is 34.9 Å². The number of allylic oxidation sites excluding steroid dienone is 4. The zero-order chi connectivity index (χ0) is 28.7. The summed E-state index contributed by atoms with van der Waals surface area (Å²) in [6, 6.07) is -0.539. The number of aliphatic hydroxyl groups excluding tert-OH is 2. The molecule has 2 atom stereocenters. The molecule has 0 bridgehead atoms. The summed E-state index contributed by atoms with van der Waals surface area (Å²) < 4.78 is 0. The van der Waals surface area contributed by atoms with E-state index in [9.17, 15) is 15.0 Å². The summed E-state index contributed by atoms with van der Waals surface area (Å²) in [6.45, 7) is 4.29. The highest BCUT2D eigenvalue weighted by Crippen LogP contribution is 2.14. The predicted octanol–water partition coefficient (Wildman–Crippen LogP) is 9.73. The van der Waals surface area contributed by atoms with Crippen molar-refractivity contribution in [3.8, 4) is 0 Å². The quantitative estimate of drug-likeness (QED) is 0.0617. The van der Waals surface area contributed by atoms with E-state index in [-0.39, 0.29) is 12.5 Å². The van der Waals surface area contributed by atoms with E-state index in [1.807, 2.05) is 0 Å². The van der Waals surface area contributed by atoms with E-state index < -0.39 is 12.1 Å². The lowest BCUT2D eigenvalue weighted by Gasteiger charge is -2.22. The minimum absolute atomic E-state index is 0.0478. The summed E-state index contributed by atoms with van der Waals surface area (Å²) in [5.41, 5.74) is 0. The van der Waals surface area contributed by atoms with E-state index >= 15 is 0 Å². The first-order valence-electron chi connectivity index (χ1n) is 17.0. The number of hydrogen-bond donors (Lipinski definition) is 3. The van der Waals surface area contributed by atoms with Crippen molar-refractivity contribution in [2.45, 2.75) is 187 Å². The van der Waals surface area contributed by atoms with E-state index in [0.29, 0.717) is 12.8 Å². The van der Waals surface area contributed by atoms with E-state index in [2.05, 4.69) is 43.5 Å². The van der Waals surface area contributed by atoms with Crippen molar-refractivity contribution < 1.29 is 15.0 Å². The first kappa shape index (κ1) is 37.9. The van der Waals surface area contributed by atoms with Gasteiger partial charge in [0.25, 0.3) is 0 Å². The zero-order valence-electron chi connectivity index (χ0n) is 26.2. The van der Waals surface area contributed by atoms with Gasteiger partial charge in [-0.1, -0.05) is 154 Å². The smallest absolute Gasteiger partial charge is 0.220 e. The fraction of sp³-hybridized carbons (Fsp3) is 0.857. The fourth-order valence-electron chi connectivity index (χ4n) is 5.02. The maximum Gasteiger partial charge on any atom is 0.220 e. The van der Waals surface area contributed by atoms with E-state index in [4.69, 9.17) is 0 Å². The van der Waals surface area contributed by atoms with Gasteiger partial charge in [0, 0.05) is 6.42 Å². The second kappa shape index (κ2) is 31.4. The van der Waals surface area contributed by atoms with Gasteiger partial charge in [-0.2, -0.15) is 0 Å². The van der Waals surface area contributed by atoms with Crippen LogP contribution >= 0.6 is 0 Å². The molecule has 39 heavy (non-hydrogen) atoms. The molecule has 0 aliphatic heterocycles. The summed E-state index contributed by atoms with van der Waals surface area (Å²) >= 11 is 0. The van der Waals surface area contributed by atoms with Crippen LogP contribution in [0.3, 0.4) is 0 Å². The second-order valence-corrected chi connectivity index (χ2v) is 11.6. The van der Waals surface area contributed by atoms with Crippen molar-refractivity contribution in [3.05, 3.63) is 24.3 Å². The number of aliphatic hydroxyl groups is 2. The highest BCUT2D eigenvalue weighted by molar-refractivity contribution is 5.76. The average Bonchev–Trinajstić information content (AvgIpc) is 2.94. The first-order valence-corrected chi connectivity index (χ1v) is 17.0. The van der Waals surface area contributed by atoms with E-state index in [0.717, 1.165) is 44.9 Å². The molecule has 0 heterocycles. The SMILES string of the molecule is CCCC/C=C\C/C=C\CCCCCCCC(=O)NC(CO)C(O)CCCCCCCCCCCCCCC. The Balaban J connectivity index is 3.62. The molecule has 0 rings (SSSR count). The molecule has 0 aromatic carbocycles. The molecule has 0 saturated heterocycles. The molecule has 1 amide bonds. The lowest BCUT2D eigenvalue weighted by Crippen LogP contribution is -2.45. The van der Waals surface area contributed by atoms with Crippen molar-refractivity contribution in [1.82, 2.24) is 5.32 Å². The molecule has 0 aliphatic rings. The van der Waals surface area contributed by atoms with Crippen LogP contribution in [0.15, 0.2) is 24.3 Å². The van der Waals surface area contributed by atoms with E-state index in [1.165, 1.54) is 103 Å². The second-order valence-electron chi connectivity index (χ2n) is 11.6. The number of nitrogens with one attached hydrogen (secondary N) is 1. The van der Waals surface area contributed by atoms with Gasteiger partial charge in [0.05, 0.1) is 18.8 Å². The fourth-order valence-corrected chi connectivity index (χ4v) is 5.02. The van der Waals surface area contributed by atoms with Crippen molar-refractivity contribution in [3.63, 3.8) is 0 Å². The van der Waals surface area contributed by atoms with Gasteiger partial charge in [-0.05, 0) is 38.5 Å². The van der Waals surface area contributed by atoms with Gasteiger partial charge >= 0.3 is 0 Å². The van der Waals surface area contributed by atoms with Crippen molar-refractivity contribution in [2.24, 2.45) is 0 Å². The summed E-state index contributed by atoms with van der Waals surface area (Å²) in [5, 5.41) is 23.0. The average molecular weight is 550 g/mol. The minimum Gasteiger partial charge on any atom is -0.394 e. The molecule has 0 aromatic heterocycles. The Labute approximate surface area is 243 Å². The van der Waals surface area contributed by atoms with Crippen LogP contribution in [0.25, 0.3) is 0 Å². The summed E-state index contributed by atoms with van der Waals surface area (Å²) in [5.74, 6) is -0.0478. The lowest BCUT2D eigenvalue weighted by molar-refractivity contribution is -0.123. The Morgan fingerprint density at radius 1 is 0.615 bits per heavy atom. The molecule has 4 nitrogen and oxygen atoms in total. The van der Waals surface area contributed by atoms with Gasteiger partial charge in [-0.3, -0.25) is 4.79 Å². The number of rotatable bonds is 30. The molecule has 0 fully saturated rings. The Morgan fingerprint density at radius 2 is 1.08 bits per heavy atom. The third-order valence-corrected chi connectivity index (χ3v) is 7.72. The largest absolute Gasteiger partial charge is 0.394 e. The highest BCUT2D eigenvalue weighted by atomic mass is 16.3. The number of unbranched alkanes of at least 4 members (excludes halogenated alkanes) is 19. The maximum atomic E-state index is 12.3. The normalized spacial score (nSPS) is 13.4. The van der Waals surface area contributed by atoms with Crippen LogP contribution < -0.4 is 5.32 Å². The zero-order valence-corrected chi connectivity index (χ0v) is 26.2. The minimum atomic E-state index is -0.661. The summed E-state index contributed by atoms with van der Waals surface area (Å²) in [7, 11) is 0. The van der Waals surface area contributed by atoms with Crippen molar-refractivity contribution >= 4 is 5.91 Å². The molecule has 3 N–H and O–H groups in total. The number of amides is 1. The molecule has 0 radical (unpaired) electrons. The van der Waals surface area contributed by atoms with Crippen molar-refractivity contribution in [1.29, 1.82) is 0 Å². The monoisotopic (exact) mass is 550 g/mol. The number of hydrogen-bond acceptors (Lipinski definition) is 3. The van der Waals surface area contributed by atoms with Gasteiger partial charge in [-0.15, -0.1) is 0 Å². The molecule has 0 spiro atoms. The van der Waals surface area contributed by atoms with Crippen molar-refractivity contribution in [2.75, 3.05) is 6.61 Å². The molecule has 0 aromatic rings. The third kappa shape index (κ3) is 28.2. The third-order valence-electron chi connectivity index (χ3n) is 7.72. The molecular formula is C35H67NO3. The van der Waals surface area contributed by atoms with Crippen LogP contribution in [0.2, 0.25) is 0 Å². The van der Waals surface area contributed by atoms with Crippen LogP contribution in [0.1, 0.15) is 174 Å². The molecule has 0 aliphatic carbocycles. The molecular weight excluding hydrogens is 482 g/mol. The molecule has 4 heteroatoms. The lowest BCUT2D eigenvalue weighted by atomic mass is 10.0. The van der Waals surface area contributed by atoms with Crippen LogP contribution in [0, 0.1) is 0 Å². The Hall–Kier alpha value is -1.13. The Bertz CT molecular complexity index is 560. The van der Waals surface area contributed by atoms with Gasteiger partial charge in [-0.25, -0.2) is 0 Å². The predicted molar refractivity (Wildman–Crippen MR) is 170 cm³/mol. The van der Waals surface area contributed by atoms with Gasteiger partial charge in [0.15, 0.2) is 0 Å². The van der Waals surface area contributed by atoms with Crippen LogP contribution in [0.5, 0.6) is 0 Å². The Morgan fingerprint density at radius 3 is 1.62 bits per heavy atom. The van der Waals surface area contributed by atoms with Gasteiger partial charge in [0.1, 0.15) is 0 Å². The number of carbonyl (C=O) groups excluding carboxylic acids is 1. The molecule has 2 unspecified atom stereocenters. The molecule has 230 valence electrons. The Kier molecular flexibility index (Phi) is 30.5. The summed E-state index contributed by atoms with van der Waals surface area (Å²) in [6.07, 6.45) is 37.9. The van der Waals surface area contributed by atoms with Crippen LogP contribution in [0.4, 0.5) is 0 Å². The first-order chi connectivity index (χ1) is 19.2. The van der Waals surface area contributed by atoms with Gasteiger partial charge in [0.2, 0.25) is 5.91 Å². The molecule has 0 saturated carbocycles. The highest BCUT2D eigenvalue weighted by Gasteiger charge is 2.19. The standard InChI is InChI=1S/C35H67NO3/c1-3-5-7-9-11-13-15-17-19-21-23-25-27-29-31-35(39)36-33(32-37)34(38)30-28-26-24-22-20-18-16-14-12-10-8-6-4-2/h9,11,15,17,33-34,37-38H,3-8,10,12-14,16,18-32H2,1-2H3,(H,36,39)/b11-9-,17-15-. The van der Waals surface area contributed by atoms with Gasteiger partial charge < -0.3 is 15.5 Å². The topological polar surface area (TPSA) is 69.6 Å². The van der Waals surface area contributed by atoms with E-state index in [1.54, 1.807) is 0 Å². The van der Waals surface area contributed by atoms with Crippen LogP contribution in [-0.2, 0) is 4.79 Å². The maximum absolute atomic E-state index is 12.3. The number of carbonyl (C=O) groups is 1.